The molecule has 1 aromatic rings. The Labute approximate surface area is 87.7 Å². The first-order chi connectivity index (χ1) is 6.06. The van der Waals surface area contributed by atoms with Crippen molar-refractivity contribution in [3.8, 4) is 6.07 Å². The van der Waals surface area contributed by atoms with E-state index in [1.807, 2.05) is 6.07 Å². The molecule has 0 aromatic heterocycles. The predicted molar refractivity (Wildman–Crippen MR) is 50.8 cm³/mol. The molecule has 0 unspecified atom stereocenters. The summed E-state index contributed by atoms with van der Waals surface area (Å²) in [5, 5.41) is 17.4. The van der Waals surface area contributed by atoms with Gasteiger partial charge in [-0.25, -0.2) is 4.79 Å². The third-order valence-electron chi connectivity index (χ3n) is 1.39. The monoisotopic (exact) mass is 259 g/mol. The van der Waals surface area contributed by atoms with Gasteiger partial charge in [-0.15, -0.1) is 0 Å². The number of hydrogen-bond acceptors (Lipinski definition) is 2. The fraction of sp³-hybridized carbons (Fsp3) is 0. The van der Waals surface area contributed by atoms with Crippen LogP contribution in [-0.4, -0.2) is 11.1 Å². The summed E-state index contributed by atoms with van der Waals surface area (Å²) in [5.74, 6) is -1.15. The van der Waals surface area contributed by atoms with Gasteiger partial charge in [0.2, 0.25) is 0 Å². The Kier molecular flexibility index (Phi) is 2.91. The van der Waals surface area contributed by atoms with Crippen LogP contribution in [0, 0.1) is 11.3 Å². The predicted octanol–water partition coefficient (Wildman–Crippen LogP) is 2.67. The molecule has 0 bridgehead atoms. The summed E-state index contributed by atoms with van der Waals surface area (Å²) in [7, 11) is 0. The van der Waals surface area contributed by atoms with Gasteiger partial charge < -0.3 is 5.11 Å². The van der Waals surface area contributed by atoms with E-state index in [0.717, 1.165) is 0 Å². The molecule has 1 rings (SSSR count). The van der Waals surface area contributed by atoms with Crippen molar-refractivity contribution in [3.63, 3.8) is 0 Å². The average molecular weight is 260 g/mol. The number of carbonyl (C=O) groups is 1. The summed E-state index contributed by atoms with van der Waals surface area (Å²) in [4.78, 5) is 10.6. The first-order valence-corrected chi connectivity index (χ1v) is 4.35. The molecule has 0 aliphatic heterocycles. The lowest BCUT2D eigenvalue weighted by Crippen LogP contribution is -1.98. The molecule has 13 heavy (non-hydrogen) atoms. The van der Waals surface area contributed by atoms with Gasteiger partial charge in [0.15, 0.2) is 0 Å². The van der Waals surface area contributed by atoms with Gasteiger partial charge in [-0.05, 0) is 28.1 Å². The van der Waals surface area contributed by atoms with E-state index in [2.05, 4.69) is 15.9 Å². The molecule has 0 aliphatic carbocycles. The Bertz CT molecular complexity index is 411. The van der Waals surface area contributed by atoms with Crippen LogP contribution in [0.4, 0.5) is 0 Å². The minimum Gasteiger partial charge on any atom is -0.478 e. The standard InChI is InChI=1S/C8H3BrClNO2/c9-6-2-4(3-11)1-5(7(6)10)8(12)13/h1-2H,(H,12,13). The lowest BCUT2D eigenvalue weighted by atomic mass is 10.1. The van der Waals surface area contributed by atoms with E-state index in [9.17, 15) is 4.79 Å². The molecule has 0 aliphatic rings. The summed E-state index contributed by atoms with van der Waals surface area (Å²) >= 11 is 8.74. The molecule has 1 aromatic carbocycles. The largest absolute Gasteiger partial charge is 0.478 e. The Morgan fingerprint density at radius 2 is 2.23 bits per heavy atom. The maximum absolute atomic E-state index is 10.6. The number of nitrogens with zero attached hydrogens (tertiary/aromatic N) is 1. The Balaban J connectivity index is 3.44. The molecule has 0 heterocycles. The second-order valence-electron chi connectivity index (χ2n) is 2.24. The zero-order valence-corrected chi connectivity index (χ0v) is 8.56. The van der Waals surface area contributed by atoms with Gasteiger partial charge >= 0.3 is 5.97 Å². The van der Waals surface area contributed by atoms with Gasteiger partial charge in [0.1, 0.15) is 0 Å². The van der Waals surface area contributed by atoms with Crippen molar-refractivity contribution >= 4 is 33.5 Å². The maximum Gasteiger partial charge on any atom is 0.337 e. The van der Waals surface area contributed by atoms with Crippen molar-refractivity contribution in [3.05, 3.63) is 32.8 Å². The Morgan fingerprint density at radius 1 is 1.62 bits per heavy atom. The van der Waals surface area contributed by atoms with Gasteiger partial charge in [0, 0.05) is 4.47 Å². The van der Waals surface area contributed by atoms with Gasteiger partial charge in [-0.3, -0.25) is 0 Å². The molecule has 0 atom stereocenters. The lowest BCUT2D eigenvalue weighted by Gasteiger charge is -2.01. The summed E-state index contributed by atoms with van der Waals surface area (Å²) in [6, 6.07) is 4.54. The maximum atomic E-state index is 10.6. The molecule has 66 valence electrons. The highest BCUT2D eigenvalue weighted by atomic mass is 79.9. The van der Waals surface area contributed by atoms with E-state index >= 15 is 0 Å². The second-order valence-corrected chi connectivity index (χ2v) is 3.47. The number of aromatic carboxylic acids is 1. The number of rotatable bonds is 1. The highest BCUT2D eigenvalue weighted by Crippen LogP contribution is 2.27. The van der Waals surface area contributed by atoms with Crippen LogP contribution in [0.15, 0.2) is 16.6 Å². The number of carboxylic acid groups (broad SMARTS) is 1. The second kappa shape index (κ2) is 3.77. The number of carboxylic acids is 1. The lowest BCUT2D eigenvalue weighted by molar-refractivity contribution is 0.0697. The van der Waals surface area contributed by atoms with Crippen LogP contribution in [0.2, 0.25) is 5.02 Å². The first kappa shape index (κ1) is 10.0. The van der Waals surface area contributed by atoms with Crippen LogP contribution in [0.25, 0.3) is 0 Å². The smallest absolute Gasteiger partial charge is 0.337 e. The fourth-order valence-corrected chi connectivity index (χ4v) is 1.46. The quantitative estimate of drug-likeness (QED) is 0.844. The molecule has 0 saturated carbocycles. The first-order valence-electron chi connectivity index (χ1n) is 3.18. The van der Waals surface area contributed by atoms with E-state index in [1.165, 1.54) is 12.1 Å². The number of hydrogen-bond donors (Lipinski definition) is 1. The van der Waals surface area contributed by atoms with E-state index < -0.39 is 5.97 Å². The number of benzene rings is 1. The molecule has 0 fully saturated rings. The number of halogens is 2. The van der Waals surface area contributed by atoms with Crippen LogP contribution < -0.4 is 0 Å². The molecular formula is C8H3BrClNO2. The fourth-order valence-electron chi connectivity index (χ4n) is 0.809. The molecule has 1 N–H and O–H groups in total. The van der Waals surface area contributed by atoms with Crippen LogP contribution in [0.1, 0.15) is 15.9 Å². The van der Waals surface area contributed by atoms with E-state index in [4.69, 9.17) is 22.0 Å². The third kappa shape index (κ3) is 2.00. The zero-order chi connectivity index (χ0) is 10.0. The van der Waals surface area contributed by atoms with Crippen molar-refractivity contribution in [2.75, 3.05) is 0 Å². The average Bonchev–Trinajstić information content (AvgIpc) is 2.09. The van der Waals surface area contributed by atoms with Gasteiger partial charge in [0.25, 0.3) is 0 Å². The summed E-state index contributed by atoms with van der Waals surface area (Å²) in [6.45, 7) is 0. The molecule has 3 nitrogen and oxygen atoms in total. The summed E-state index contributed by atoms with van der Waals surface area (Å²) in [6.07, 6.45) is 0. The Morgan fingerprint density at radius 3 is 2.69 bits per heavy atom. The van der Waals surface area contributed by atoms with Crippen molar-refractivity contribution in [1.82, 2.24) is 0 Å². The van der Waals surface area contributed by atoms with Crippen LogP contribution in [-0.2, 0) is 0 Å². The zero-order valence-electron chi connectivity index (χ0n) is 6.21. The third-order valence-corrected chi connectivity index (χ3v) is 2.65. The Hall–Kier alpha value is -1.05. The van der Waals surface area contributed by atoms with Crippen LogP contribution in [0.5, 0.6) is 0 Å². The highest BCUT2D eigenvalue weighted by molar-refractivity contribution is 9.10. The van der Waals surface area contributed by atoms with Crippen molar-refractivity contribution < 1.29 is 9.90 Å². The minimum atomic E-state index is -1.15. The van der Waals surface area contributed by atoms with E-state index in [0.29, 0.717) is 4.47 Å². The van der Waals surface area contributed by atoms with Crippen LogP contribution >= 0.6 is 27.5 Å². The molecular weight excluding hydrogens is 257 g/mol. The van der Waals surface area contributed by atoms with Gasteiger partial charge in [-0.2, -0.15) is 5.26 Å². The van der Waals surface area contributed by atoms with Gasteiger partial charge in [0.05, 0.1) is 22.2 Å². The van der Waals surface area contributed by atoms with Gasteiger partial charge in [-0.1, -0.05) is 11.6 Å². The molecule has 5 heteroatoms. The normalized spacial score (nSPS) is 9.31. The molecule has 0 spiro atoms. The van der Waals surface area contributed by atoms with Crippen molar-refractivity contribution in [2.45, 2.75) is 0 Å². The molecule has 0 amide bonds. The highest BCUT2D eigenvalue weighted by Gasteiger charge is 2.12. The SMILES string of the molecule is N#Cc1cc(Br)c(Cl)c(C(=O)O)c1. The summed E-state index contributed by atoms with van der Waals surface area (Å²) in [5.41, 5.74) is 0.182. The van der Waals surface area contributed by atoms with Crippen molar-refractivity contribution in [1.29, 1.82) is 5.26 Å². The van der Waals surface area contributed by atoms with Crippen molar-refractivity contribution in [2.24, 2.45) is 0 Å². The molecule has 0 saturated heterocycles. The summed E-state index contributed by atoms with van der Waals surface area (Å²) < 4.78 is 0.408. The number of nitriles is 1. The topological polar surface area (TPSA) is 61.1 Å². The van der Waals surface area contributed by atoms with E-state index in [-0.39, 0.29) is 16.1 Å². The van der Waals surface area contributed by atoms with Crippen LogP contribution in [0.3, 0.4) is 0 Å². The van der Waals surface area contributed by atoms with E-state index in [1.54, 1.807) is 0 Å². The minimum absolute atomic E-state index is 0.0763. The molecule has 0 radical (unpaired) electrons.